The molecule has 3 unspecified atom stereocenters. The Morgan fingerprint density at radius 2 is 1.63 bits per heavy atom. The zero-order valence-electron chi connectivity index (χ0n) is 11.0. The van der Waals surface area contributed by atoms with Crippen LogP contribution < -0.4 is 0 Å². The zero-order valence-corrected chi connectivity index (χ0v) is 11.0. The summed E-state index contributed by atoms with van der Waals surface area (Å²) in [6, 6.07) is 0. The summed E-state index contributed by atoms with van der Waals surface area (Å²) in [6.07, 6.45) is 0.167. The fourth-order valence-corrected chi connectivity index (χ4v) is 3.21. The van der Waals surface area contributed by atoms with Gasteiger partial charge in [0, 0.05) is 13.1 Å². The number of aliphatic hydroxyl groups is 2. The molecular weight excluding hydrogens is 250 g/mol. The molecule has 0 aromatic heterocycles. The van der Waals surface area contributed by atoms with E-state index < -0.39 is 30.0 Å². The molecule has 0 aromatic carbocycles. The van der Waals surface area contributed by atoms with Crippen molar-refractivity contribution in [2.75, 3.05) is 13.1 Å². The maximum absolute atomic E-state index is 12.4. The SMILES string of the molecule is CCC1C[C@H](C(=O)N2CC(O)C(O)C2)[C@H](C(=O)O)C1. The van der Waals surface area contributed by atoms with Crippen LogP contribution in [0.4, 0.5) is 0 Å². The summed E-state index contributed by atoms with van der Waals surface area (Å²) < 4.78 is 0. The van der Waals surface area contributed by atoms with Gasteiger partial charge in [0.2, 0.25) is 5.91 Å². The first-order chi connectivity index (χ1) is 8.93. The third kappa shape index (κ3) is 2.74. The lowest BCUT2D eigenvalue weighted by atomic mass is 9.95. The number of nitrogens with zero attached hydrogens (tertiary/aromatic N) is 1. The summed E-state index contributed by atoms with van der Waals surface area (Å²) >= 11 is 0. The molecule has 1 saturated carbocycles. The second-order valence-corrected chi connectivity index (χ2v) is 5.67. The van der Waals surface area contributed by atoms with Crippen molar-refractivity contribution in [1.82, 2.24) is 4.90 Å². The average molecular weight is 271 g/mol. The third-order valence-electron chi connectivity index (χ3n) is 4.44. The Balaban J connectivity index is 2.07. The van der Waals surface area contributed by atoms with E-state index in [1.54, 1.807) is 0 Å². The molecule has 1 saturated heterocycles. The summed E-state index contributed by atoms with van der Waals surface area (Å²) in [5.41, 5.74) is 0. The lowest BCUT2D eigenvalue weighted by Crippen LogP contribution is -2.38. The van der Waals surface area contributed by atoms with Gasteiger partial charge in [-0.15, -0.1) is 0 Å². The highest BCUT2D eigenvalue weighted by atomic mass is 16.4. The lowest BCUT2D eigenvalue weighted by Gasteiger charge is -2.22. The van der Waals surface area contributed by atoms with Gasteiger partial charge >= 0.3 is 5.97 Å². The predicted molar refractivity (Wildman–Crippen MR) is 66.2 cm³/mol. The topological polar surface area (TPSA) is 98.1 Å². The Morgan fingerprint density at radius 3 is 2.11 bits per heavy atom. The standard InChI is InChI=1S/C13H21NO5/c1-2-7-3-8(9(4-7)13(18)19)12(17)14-5-10(15)11(16)6-14/h7-11,15-16H,2-6H2,1H3,(H,18,19)/t7?,8-,9+,10?,11?/m0/s1. The Hall–Kier alpha value is -1.14. The van der Waals surface area contributed by atoms with E-state index in [4.69, 9.17) is 0 Å². The molecule has 2 rings (SSSR count). The van der Waals surface area contributed by atoms with E-state index in [9.17, 15) is 24.9 Å². The molecule has 1 amide bonds. The van der Waals surface area contributed by atoms with Crippen LogP contribution in [0, 0.1) is 17.8 Å². The molecule has 0 radical (unpaired) electrons. The van der Waals surface area contributed by atoms with Gasteiger partial charge in [-0.2, -0.15) is 0 Å². The van der Waals surface area contributed by atoms with Crippen LogP contribution in [-0.2, 0) is 9.59 Å². The molecule has 5 atom stereocenters. The van der Waals surface area contributed by atoms with Crippen LogP contribution in [0.15, 0.2) is 0 Å². The normalized spacial score (nSPS) is 38.7. The number of carboxylic acids is 1. The van der Waals surface area contributed by atoms with Crippen molar-refractivity contribution >= 4 is 11.9 Å². The Bertz CT molecular complexity index is 362. The van der Waals surface area contributed by atoms with E-state index in [0.717, 1.165) is 6.42 Å². The molecule has 0 spiro atoms. The number of aliphatic hydroxyl groups excluding tert-OH is 2. The fraction of sp³-hybridized carbons (Fsp3) is 0.846. The van der Waals surface area contributed by atoms with Crippen molar-refractivity contribution in [3.63, 3.8) is 0 Å². The van der Waals surface area contributed by atoms with E-state index in [1.807, 2.05) is 6.92 Å². The van der Waals surface area contributed by atoms with Gasteiger partial charge in [0.05, 0.1) is 24.0 Å². The minimum atomic E-state index is -0.922. The zero-order chi connectivity index (χ0) is 14.2. The van der Waals surface area contributed by atoms with Gasteiger partial charge in [0.1, 0.15) is 0 Å². The molecule has 6 heteroatoms. The first-order valence-electron chi connectivity index (χ1n) is 6.81. The number of likely N-dealkylation sites (tertiary alicyclic amines) is 1. The number of carboxylic acid groups (broad SMARTS) is 1. The first-order valence-corrected chi connectivity index (χ1v) is 6.81. The highest BCUT2D eigenvalue weighted by Gasteiger charge is 2.45. The minimum absolute atomic E-state index is 0.0969. The van der Waals surface area contributed by atoms with Crippen LogP contribution in [0.5, 0.6) is 0 Å². The number of hydrogen-bond donors (Lipinski definition) is 3. The maximum atomic E-state index is 12.4. The predicted octanol–water partition coefficient (Wildman–Crippen LogP) is -0.313. The van der Waals surface area contributed by atoms with E-state index in [2.05, 4.69) is 0 Å². The first kappa shape index (κ1) is 14.3. The average Bonchev–Trinajstić information content (AvgIpc) is 2.93. The van der Waals surface area contributed by atoms with Crippen LogP contribution in [0.3, 0.4) is 0 Å². The van der Waals surface area contributed by atoms with Crippen LogP contribution in [-0.4, -0.2) is 57.4 Å². The molecule has 2 aliphatic rings. The molecule has 0 aromatic rings. The van der Waals surface area contributed by atoms with E-state index >= 15 is 0 Å². The van der Waals surface area contributed by atoms with Gasteiger partial charge in [-0.25, -0.2) is 0 Å². The van der Waals surface area contributed by atoms with E-state index in [1.165, 1.54) is 4.90 Å². The summed E-state index contributed by atoms with van der Waals surface area (Å²) in [5.74, 6) is -2.03. The number of hydrogen-bond acceptors (Lipinski definition) is 4. The van der Waals surface area contributed by atoms with Gasteiger partial charge in [-0.3, -0.25) is 9.59 Å². The molecule has 1 aliphatic heterocycles. The van der Waals surface area contributed by atoms with Crippen molar-refractivity contribution in [2.45, 2.75) is 38.4 Å². The Labute approximate surface area is 112 Å². The van der Waals surface area contributed by atoms with Crippen molar-refractivity contribution in [1.29, 1.82) is 0 Å². The van der Waals surface area contributed by atoms with Crippen molar-refractivity contribution in [3.8, 4) is 0 Å². The molecule has 1 aliphatic carbocycles. The van der Waals surface area contributed by atoms with Gasteiger partial charge < -0.3 is 20.2 Å². The summed E-state index contributed by atoms with van der Waals surface area (Å²) in [6.45, 7) is 2.19. The number of carbonyl (C=O) groups is 2. The monoisotopic (exact) mass is 271 g/mol. The second kappa shape index (κ2) is 5.46. The largest absolute Gasteiger partial charge is 0.481 e. The molecule has 19 heavy (non-hydrogen) atoms. The molecule has 2 fully saturated rings. The molecule has 0 bridgehead atoms. The van der Waals surface area contributed by atoms with Gasteiger partial charge in [-0.05, 0) is 18.8 Å². The Morgan fingerprint density at radius 1 is 1.11 bits per heavy atom. The Kier molecular flexibility index (Phi) is 4.10. The number of amides is 1. The fourth-order valence-electron chi connectivity index (χ4n) is 3.21. The highest BCUT2D eigenvalue weighted by molar-refractivity contribution is 5.85. The van der Waals surface area contributed by atoms with Crippen molar-refractivity contribution < 1.29 is 24.9 Å². The van der Waals surface area contributed by atoms with Crippen LogP contribution in [0.2, 0.25) is 0 Å². The number of rotatable bonds is 3. The minimum Gasteiger partial charge on any atom is -0.481 e. The lowest BCUT2D eigenvalue weighted by molar-refractivity contribution is -0.148. The van der Waals surface area contributed by atoms with Crippen molar-refractivity contribution in [2.24, 2.45) is 17.8 Å². The molecular formula is C13H21NO5. The second-order valence-electron chi connectivity index (χ2n) is 5.67. The summed E-state index contributed by atoms with van der Waals surface area (Å²) in [5, 5.41) is 28.2. The summed E-state index contributed by atoms with van der Waals surface area (Å²) in [7, 11) is 0. The smallest absolute Gasteiger partial charge is 0.307 e. The highest BCUT2D eigenvalue weighted by Crippen LogP contribution is 2.39. The van der Waals surface area contributed by atoms with E-state index in [-0.39, 0.29) is 24.9 Å². The molecule has 1 heterocycles. The van der Waals surface area contributed by atoms with Crippen LogP contribution in [0.1, 0.15) is 26.2 Å². The maximum Gasteiger partial charge on any atom is 0.307 e. The summed E-state index contributed by atoms with van der Waals surface area (Å²) in [4.78, 5) is 25.0. The molecule has 3 N–H and O–H groups in total. The van der Waals surface area contributed by atoms with Gasteiger partial charge in [-0.1, -0.05) is 13.3 Å². The van der Waals surface area contributed by atoms with E-state index in [0.29, 0.717) is 12.8 Å². The van der Waals surface area contributed by atoms with Crippen LogP contribution in [0.25, 0.3) is 0 Å². The third-order valence-corrected chi connectivity index (χ3v) is 4.44. The van der Waals surface area contributed by atoms with Gasteiger partial charge in [0.25, 0.3) is 0 Å². The number of aliphatic carboxylic acids is 1. The number of β-amino-alcohol motifs (C(OH)–C–C–N with tert-alkyl or cyclic N) is 2. The van der Waals surface area contributed by atoms with Gasteiger partial charge in [0.15, 0.2) is 0 Å². The van der Waals surface area contributed by atoms with Crippen molar-refractivity contribution in [3.05, 3.63) is 0 Å². The van der Waals surface area contributed by atoms with Crippen LogP contribution >= 0.6 is 0 Å². The quantitative estimate of drug-likeness (QED) is 0.654. The number of carbonyl (C=O) groups excluding carboxylic acids is 1. The molecule has 6 nitrogen and oxygen atoms in total. The molecule has 108 valence electrons.